The van der Waals surface area contributed by atoms with Crippen LogP contribution in [-0.2, 0) is 10.0 Å². The molecule has 4 heterocycles. The molecule has 12 heteroatoms. The maximum atomic E-state index is 13.1. The average molecular weight is 452 g/mol. The quantitative estimate of drug-likeness (QED) is 0.613. The Hall–Kier alpha value is -2.73. The van der Waals surface area contributed by atoms with Gasteiger partial charge in [-0.3, -0.25) is 0 Å². The van der Waals surface area contributed by atoms with E-state index in [0.717, 1.165) is 25.6 Å². The number of hydrogen-bond acceptors (Lipinski definition) is 7. The Bertz CT molecular complexity index is 1180. The maximum absolute atomic E-state index is 13.1. The summed E-state index contributed by atoms with van der Waals surface area (Å²) in [5.41, 5.74) is 1.10. The molecule has 0 aliphatic carbocycles. The lowest BCUT2D eigenvalue weighted by Crippen LogP contribution is -2.47. The van der Waals surface area contributed by atoms with Gasteiger partial charge >= 0.3 is 0 Å². The summed E-state index contributed by atoms with van der Waals surface area (Å²) in [6.45, 7) is 3.18. The molecule has 31 heavy (non-hydrogen) atoms. The predicted molar refractivity (Wildman–Crippen MR) is 111 cm³/mol. The van der Waals surface area contributed by atoms with Crippen LogP contribution in [0.4, 0.5) is 14.6 Å². The summed E-state index contributed by atoms with van der Waals surface area (Å²) in [7, 11) is -3.26. The van der Waals surface area contributed by atoms with Crippen LogP contribution in [0.1, 0.15) is 31.9 Å². The van der Waals surface area contributed by atoms with Gasteiger partial charge in [0.1, 0.15) is 23.5 Å². The molecule has 0 spiro atoms. The van der Waals surface area contributed by atoms with Crippen molar-refractivity contribution in [3.63, 3.8) is 0 Å². The molecule has 1 aliphatic heterocycles. The van der Waals surface area contributed by atoms with Crippen LogP contribution in [0.3, 0.4) is 0 Å². The normalized spacial score (nSPS) is 20.0. The van der Waals surface area contributed by atoms with E-state index < -0.39 is 16.4 Å². The van der Waals surface area contributed by atoms with Crippen LogP contribution in [0, 0.1) is 5.92 Å². The Balaban J connectivity index is 1.63. The third-order valence-electron chi connectivity index (χ3n) is 5.57. The Labute approximate surface area is 178 Å². The van der Waals surface area contributed by atoms with Gasteiger partial charge in [-0.25, -0.2) is 41.4 Å². The van der Waals surface area contributed by atoms with E-state index in [9.17, 15) is 17.2 Å². The lowest BCUT2D eigenvalue weighted by atomic mass is 9.90. The molecule has 9 nitrogen and oxygen atoms in total. The van der Waals surface area contributed by atoms with E-state index in [1.807, 2.05) is 6.92 Å². The van der Waals surface area contributed by atoms with E-state index in [2.05, 4.69) is 29.7 Å². The van der Waals surface area contributed by atoms with Gasteiger partial charge in [0.15, 0.2) is 5.65 Å². The smallest absolute Gasteiger partial charge is 0.282 e. The van der Waals surface area contributed by atoms with E-state index >= 15 is 0 Å². The Kier molecular flexibility index (Phi) is 5.84. The summed E-state index contributed by atoms with van der Waals surface area (Å²) in [5, 5.41) is 3.99. The molecule has 0 bridgehead atoms. The van der Waals surface area contributed by atoms with Gasteiger partial charge in [0.2, 0.25) is 10.0 Å². The fraction of sp³-hybridized carbons (Fsp3) is 0.474. The van der Waals surface area contributed by atoms with Crippen molar-refractivity contribution in [1.82, 2.24) is 29.3 Å². The minimum absolute atomic E-state index is 0.0523. The van der Waals surface area contributed by atoms with Gasteiger partial charge in [-0.2, -0.15) is 5.10 Å². The van der Waals surface area contributed by atoms with Crippen LogP contribution in [0.5, 0.6) is 0 Å². The van der Waals surface area contributed by atoms with Gasteiger partial charge in [-0.1, -0.05) is 0 Å². The first-order valence-electron chi connectivity index (χ1n) is 9.89. The predicted octanol–water partition coefficient (Wildman–Crippen LogP) is 2.28. The lowest BCUT2D eigenvalue weighted by molar-refractivity contribution is 0.144. The first-order valence-corrected chi connectivity index (χ1v) is 11.8. The van der Waals surface area contributed by atoms with Crippen molar-refractivity contribution >= 4 is 21.5 Å². The fourth-order valence-electron chi connectivity index (χ4n) is 3.90. The summed E-state index contributed by atoms with van der Waals surface area (Å²) in [6.07, 6.45) is 3.24. The topological polar surface area (TPSA) is 105 Å². The van der Waals surface area contributed by atoms with Gasteiger partial charge in [0.05, 0.1) is 18.1 Å². The second-order valence-electron chi connectivity index (χ2n) is 7.69. The fourth-order valence-corrected chi connectivity index (χ4v) is 4.42. The Morgan fingerprint density at radius 3 is 2.81 bits per heavy atom. The van der Waals surface area contributed by atoms with Crippen LogP contribution in [0.25, 0.3) is 17.0 Å². The number of piperidine rings is 1. The molecular weight excluding hydrogens is 428 g/mol. The van der Waals surface area contributed by atoms with Crippen LogP contribution in [-0.4, -0.2) is 58.4 Å². The Morgan fingerprint density at radius 1 is 1.26 bits per heavy atom. The zero-order chi connectivity index (χ0) is 22.2. The standard InChI is InChI=1S/C19H23F2N7O2S/c1-12-13(9-25-31(2,29)30)4-3-7-27(12)18-8-15(23-11-24-18)16-10-22-17-6-5-14(19(20)21)26-28(16)17/h5-6,8,10-13,19,25H,3-4,7,9H2,1-2H3/t12-,13-/m1/s1. The monoisotopic (exact) mass is 451 g/mol. The van der Waals surface area contributed by atoms with Gasteiger partial charge in [-0.05, 0) is 37.8 Å². The first kappa shape index (κ1) is 21.5. The number of hydrogen-bond donors (Lipinski definition) is 1. The number of rotatable bonds is 6. The molecule has 3 aromatic rings. The number of halogens is 2. The highest BCUT2D eigenvalue weighted by molar-refractivity contribution is 7.88. The number of imidazole rings is 1. The maximum Gasteiger partial charge on any atom is 0.282 e. The molecule has 2 atom stereocenters. The minimum atomic E-state index is -3.26. The summed E-state index contributed by atoms with van der Waals surface area (Å²) >= 11 is 0. The summed E-state index contributed by atoms with van der Waals surface area (Å²) in [4.78, 5) is 15.0. The zero-order valence-electron chi connectivity index (χ0n) is 17.1. The number of nitrogens with one attached hydrogen (secondary N) is 1. The van der Waals surface area contributed by atoms with Gasteiger partial charge in [0.25, 0.3) is 6.43 Å². The molecule has 1 saturated heterocycles. The van der Waals surface area contributed by atoms with E-state index in [4.69, 9.17) is 0 Å². The minimum Gasteiger partial charge on any atom is -0.353 e. The highest BCUT2D eigenvalue weighted by atomic mass is 32.2. The molecule has 0 unspecified atom stereocenters. The largest absolute Gasteiger partial charge is 0.353 e. The zero-order valence-corrected chi connectivity index (χ0v) is 17.9. The van der Waals surface area contributed by atoms with Gasteiger partial charge in [-0.15, -0.1) is 0 Å². The lowest BCUT2D eigenvalue weighted by Gasteiger charge is -2.40. The van der Waals surface area contributed by atoms with Crippen LogP contribution >= 0.6 is 0 Å². The summed E-state index contributed by atoms with van der Waals surface area (Å²) < 4.78 is 53.1. The third-order valence-corrected chi connectivity index (χ3v) is 6.26. The van der Waals surface area contributed by atoms with Gasteiger partial charge in [0, 0.05) is 25.2 Å². The highest BCUT2D eigenvalue weighted by Gasteiger charge is 2.29. The molecule has 166 valence electrons. The number of fused-ring (bicyclic) bond motifs is 1. The Morgan fingerprint density at radius 2 is 2.06 bits per heavy atom. The summed E-state index contributed by atoms with van der Waals surface area (Å²) in [6, 6.07) is 4.58. The molecule has 4 rings (SSSR count). The first-order chi connectivity index (χ1) is 14.7. The van der Waals surface area contributed by atoms with Crippen LogP contribution in [0.2, 0.25) is 0 Å². The molecule has 0 radical (unpaired) electrons. The molecule has 3 aromatic heterocycles. The van der Waals surface area contributed by atoms with Crippen molar-refractivity contribution in [3.8, 4) is 11.4 Å². The van der Waals surface area contributed by atoms with E-state index in [1.165, 1.54) is 23.0 Å². The van der Waals surface area contributed by atoms with Gasteiger partial charge < -0.3 is 4.90 Å². The second-order valence-corrected chi connectivity index (χ2v) is 9.52. The van der Waals surface area contributed by atoms with Crippen molar-refractivity contribution in [2.24, 2.45) is 5.92 Å². The molecule has 0 saturated carbocycles. The summed E-state index contributed by atoms with van der Waals surface area (Å²) in [5.74, 6) is 0.814. The molecule has 1 fully saturated rings. The molecule has 0 aromatic carbocycles. The number of anilines is 1. The van der Waals surface area contributed by atoms with Crippen LogP contribution in [0.15, 0.2) is 30.7 Å². The van der Waals surface area contributed by atoms with Crippen molar-refractivity contribution < 1.29 is 17.2 Å². The SMILES string of the molecule is C[C@@H]1[C@@H](CNS(C)(=O)=O)CCCN1c1cc(-c2cnc3ccc(C(F)F)nn23)ncn1. The van der Waals surface area contributed by atoms with Crippen molar-refractivity contribution in [2.45, 2.75) is 32.2 Å². The molecule has 1 aliphatic rings. The number of alkyl halides is 2. The second kappa shape index (κ2) is 8.42. The van der Waals surface area contributed by atoms with E-state index in [-0.39, 0.29) is 17.7 Å². The molecule has 1 N–H and O–H groups in total. The highest BCUT2D eigenvalue weighted by Crippen LogP contribution is 2.29. The average Bonchev–Trinajstić information content (AvgIpc) is 3.16. The van der Waals surface area contributed by atoms with Crippen LogP contribution < -0.4 is 9.62 Å². The number of sulfonamides is 1. The van der Waals surface area contributed by atoms with Crippen molar-refractivity contribution in [2.75, 3.05) is 24.2 Å². The van der Waals surface area contributed by atoms with E-state index in [0.29, 0.717) is 29.4 Å². The van der Waals surface area contributed by atoms with Crippen molar-refractivity contribution in [3.05, 3.63) is 36.4 Å². The molecular formula is C19H23F2N7O2S. The molecule has 0 amide bonds. The third kappa shape index (κ3) is 4.64. The van der Waals surface area contributed by atoms with E-state index in [1.54, 1.807) is 12.3 Å². The van der Waals surface area contributed by atoms with Crippen molar-refractivity contribution in [1.29, 1.82) is 0 Å². The number of nitrogens with zero attached hydrogens (tertiary/aromatic N) is 6. The number of aromatic nitrogens is 5.